The number of carbonyl (C=O) groups excluding carboxylic acids is 1. The average molecular weight is 358 g/mol. The number of urea groups is 1. The van der Waals surface area contributed by atoms with Crippen LogP contribution in [0.5, 0.6) is 0 Å². The molecule has 1 aliphatic heterocycles. The molecule has 0 spiro atoms. The Morgan fingerprint density at radius 2 is 1.76 bits per heavy atom. The molecule has 4 nitrogen and oxygen atoms in total. The molecule has 0 aliphatic carbocycles. The zero-order valence-corrected chi connectivity index (χ0v) is 15.5. The van der Waals surface area contributed by atoms with E-state index in [0.717, 1.165) is 30.8 Å². The highest BCUT2D eigenvalue weighted by atomic mass is 35.5. The predicted octanol–water partition coefficient (Wildman–Crippen LogP) is 4.56. The van der Waals surface area contributed by atoms with E-state index in [0.29, 0.717) is 18.1 Å². The summed E-state index contributed by atoms with van der Waals surface area (Å²) in [6.45, 7) is 7.21. The SMILES string of the molecule is CCc1ccc(N2CCN(C(=O)Nc3ccc(C)c(Cl)c3)CC2)cc1. The van der Waals surface area contributed by atoms with E-state index in [1.807, 2.05) is 24.0 Å². The normalized spacial score (nSPS) is 14.5. The van der Waals surface area contributed by atoms with E-state index in [1.165, 1.54) is 11.3 Å². The highest BCUT2D eigenvalue weighted by Crippen LogP contribution is 2.21. The van der Waals surface area contributed by atoms with Crippen LogP contribution < -0.4 is 10.2 Å². The van der Waals surface area contributed by atoms with Gasteiger partial charge < -0.3 is 15.1 Å². The summed E-state index contributed by atoms with van der Waals surface area (Å²) in [5.74, 6) is 0. The van der Waals surface area contributed by atoms with Gasteiger partial charge in [0, 0.05) is 42.6 Å². The number of hydrogen-bond donors (Lipinski definition) is 1. The predicted molar refractivity (Wildman–Crippen MR) is 105 cm³/mol. The van der Waals surface area contributed by atoms with Gasteiger partial charge in [0.05, 0.1) is 0 Å². The van der Waals surface area contributed by atoms with Gasteiger partial charge in [0.15, 0.2) is 0 Å². The van der Waals surface area contributed by atoms with Crippen molar-refractivity contribution in [3.05, 3.63) is 58.6 Å². The van der Waals surface area contributed by atoms with E-state index in [2.05, 4.69) is 41.4 Å². The van der Waals surface area contributed by atoms with Gasteiger partial charge >= 0.3 is 6.03 Å². The molecular formula is C20H24ClN3O. The lowest BCUT2D eigenvalue weighted by molar-refractivity contribution is 0.208. The number of nitrogens with one attached hydrogen (secondary N) is 1. The molecule has 0 aromatic heterocycles. The summed E-state index contributed by atoms with van der Waals surface area (Å²) in [6.07, 6.45) is 1.05. The van der Waals surface area contributed by atoms with Crippen LogP contribution in [0.4, 0.5) is 16.2 Å². The summed E-state index contributed by atoms with van der Waals surface area (Å²) in [7, 11) is 0. The molecule has 1 aliphatic rings. The second-order valence-electron chi connectivity index (χ2n) is 6.39. The van der Waals surface area contributed by atoms with E-state index < -0.39 is 0 Å². The van der Waals surface area contributed by atoms with Gasteiger partial charge in [-0.05, 0) is 48.7 Å². The van der Waals surface area contributed by atoms with Crippen LogP contribution in [0.1, 0.15) is 18.1 Å². The lowest BCUT2D eigenvalue weighted by Crippen LogP contribution is -2.50. The van der Waals surface area contributed by atoms with Crippen molar-refractivity contribution in [2.75, 3.05) is 36.4 Å². The number of anilines is 2. The molecular weight excluding hydrogens is 334 g/mol. The topological polar surface area (TPSA) is 35.6 Å². The number of aryl methyl sites for hydroxylation is 2. The molecule has 5 heteroatoms. The van der Waals surface area contributed by atoms with Gasteiger partial charge in [-0.3, -0.25) is 0 Å². The van der Waals surface area contributed by atoms with Crippen LogP contribution in [-0.2, 0) is 6.42 Å². The highest BCUT2D eigenvalue weighted by Gasteiger charge is 2.21. The van der Waals surface area contributed by atoms with Crippen LogP contribution in [-0.4, -0.2) is 37.1 Å². The molecule has 2 aromatic carbocycles. The number of piperazine rings is 1. The van der Waals surface area contributed by atoms with E-state index in [-0.39, 0.29) is 6.03 Å². The molecule has 0 atom stereocenters. The molecule has 1 saturated heterocycles. The minimum Gasteiger partial charge on any atom is -0.368 e. The third-order valence-corrected chi connectivity index (χ3v) is 5.11. The maximum atomic E-state index is 12.4. The minimum absolute atomic E-state index is 0.0686. The third-order valence-electron chi connectivity index (χ3n) is 4.70. The van der Waals surface area contributed by atoms with Crippen molar-refractivity contribution in [3.63, 3.8) is 0 Å². The van der Waals surface area contributed by atoms with Crippen molar-refractivity contribution in [3.8, 4) is 0 Å². The molecule has 25 heavy (non-hydrogen) atoms. The van der Waals surface area contributed by atoms with Crippen molar-refractivity contribution in [2.45, 2.75) is 20.3 Å². The lowest BCUT2D eigenvalue weighted by Gasteiger charge is -2.36. The Balaban J connectivity index is 1.55. The smallest absolute Gasteiger partial charge is 0.321 e. The van der Waals surface area contributed by atoms with Crippen LogP contribution in [0.25, 0.3) is 0 Å². The van der Waals surface area contributed by atoms with Crippen LogP contribution in [0, 0.1) is 6.92 Å². The maximum absolute atomic E-state index is 12.4. The summed E-state index contributed by atoms with van der Waals surface area (Å²) in [6, 6.07) is 14.2. The first-order chi connectivity index (χ1) is 12.1. The molecule has 0 unspecified atom stereocenters. The quantitative estimate of drug-likeness (QED) is 0.873. The fourth-order valence-corrected chi connectivity index (χ4v) is 3.16. The second kappa shape index (κ2) is 7.79. The summed E-state index contributed by atoms with van der Waals surface area (Å²) in [4.78, 5) is 16.6. The standard InChI is InChI=1S/C20H24ClN3O/c1-3-16-5-8-18(9-6-16)23-10-12-24(13-11-23)20(25)22-17-7-4-15(2)19(21)14-17/h4-9,14H,3,10-13H2,1-2H3,(H,22,25). The molecule has 0 saturated carbocycles. The Morgan fingerprint density at radius 3 is 2.36 bits per heavy atom. The van der Waals surface area contributed by atoms with Crippen LogP contribution in [0.2, 0.25) is 5.02 Å². The maximum Gasteiger partial charge on any atom is 0.321 e. The van der Waals surface area contributed by atoms with Crippen molar-refractivity contribution in [2.24, 2.45) is 0 Å². The van der Waals surface area contributed by atoms with Gasteiger partial charge in [0.25, 0.3) is 0 Å². The Labute approximate surface area is 154 Å². The van der Waals surface area contributed by atoms with Crippen molar-refractivity contribution in [1.82, 2.24) is 4.90 Å². The number of halogens is 1. The number of nitrogens with zero attached hydrogens (tertiary/aromatic N) is 2. The fraction of sp³-hybridized carbons (Fsp3) is 0.350. The number of carbonyl (C=O) groups is 1. The molecule has 0 radical (unpaired) electrons. The molecule has 1 heterocycles. The molecule has 3 rings (SSSR count). The Morgan fingerprint density at radius 1 is 1.08 bits per heavy atom. The largest absolute Gasteiger partial charge is 0.368 e. The van der Waals surface area contributed by atoms with Crippen molar-refractivity contribution < 1.29 is 4.79 Å². The van der Waals surface area contributed by atoms with Gasteiger partial charge in [-0.15, -0.1) is 0 Å². The molecule has 2 amide bonds. The zero-order valence-electron chi connectivity index (χ0n) is 14.8. The van der Waals surface area contributed by atoms with Crippen LogP contribution in [0.15, 0.2) is 42.5 Å². The Bertz CT molecular complexity index is 737. The lowest BCUT2D eigenvalue weighted by atomic mass is 10.1. The van der Waals surface area contributed by atoms with E-state index in [9.17, 15) is 4.79 Å². The van der Waals surface area contributed by atoms with Gasteiger partial charge in [-0.1, -0.05) is 36.7 Å². The third kappa shape index (κ3) is 4.26. The number of hydrogen-bond acceptors (Lipinski definition) is 2. The summed E-state index contributed by atoms with van der Waals surface area (Å²) >= 11 is 6.12. The average Bonchev–Trinajstić information content (AvgIpc) is 2.65. The fourth-order valence-electron chi connectivity index (χ4n) is 2.98. The molecule has 132 valence electrons. The van der Waals surface area contributed by atoms with Crippen molar-refractivity contribution in [1.29, 1.82) is 0 Å². The molecule has 0 bridgehead atoms. The monoisotopic (exact) mass is 357 g/mol. The molecule has 1 N–H and O–H groups in total. The number of benzene rings is 2. The summed E-state index contributed by atoms with van der Waals surface area (Å²) in [5.41, 5.74) is 4.31. The van der Waals surface area contributed by atoms with E-state index >= 15 is 0 Å². The van der Waals surface area contributed by atoms with E-state index in [4.69, 9.17) is 11.6 Å². The van der Waals surface area contributed by atoms with Crippen LogP contribution in [0.3, 0.4) is 0 Å². The second-order valence-corrected chi connectivity index (χ2v) is 6.80. The first-order valence-electron chi connectivity index (χ1n) is 8.73. The van der Waals surface area contributed by atoms with Gasteiger partial charge in [-0.2, -0.15) is 0 Å². The van der Waals surface area contributed by atoms with Gasteiger partial charge in [0.2, 0.25) is 0 Å². The zero-order chi connectivity index (χ0) is 17.8. The minimum atomic E-state index is -0.0686. The highest BCUT2D eigenvalue weighted by molar-refractivity contribution is 6.31. The summed E-state index contributed by atoms with van der Waals surface area (Å²) in [5, 5.41) is 3.60. The van der Waals surface area contributed by atoms with Crippen LogP contribution >= 0.6 is 11.6 Å². The van der Waals surface area contributed by atoms with E-state index in [1.54, 1.807) is 6.07 Å². The number of amides is 2. The van der Waals surface area contributed by atoms with Gasteiger partial charge in [-0.25, -0.2) is 4.79 Å². The first kappa shape index (κ1) is 17.6. The molecule has 1 fully saturated rings. The number of rotatable bonds is 3. The Hall–Kier alpha value is -2.20. The van der Waals surface area contributed by atoms with Crippen molar-refractivity contribution >= 4 is 29.0 Å². The summed E-state index contributed by atoms with van der Waals surface area (Å²) < 4.78 is 0. The molecule has 2 aromatic rings. The van der Waals surface area contributed by atoms with Gasteiger partial charge in [0.1, 0.15) is 0 Å². The first-order valence-corrected chi connectivity index (χ1v) is 9.10. The Kier molecular flexibility index (Phi) is 5.49.